The smallest absolute Gasteiger partial charge is 0.334 e. The molecule has 2 unspecified atom stereocenters. The summed E-state index contributed by atoms with van der Waals surface area (Å²) in [6.45, 7) is 5.33. The third-order valence-corrected chi connectivity index (χ3v) is 6.84. The predicted molar refractivity (Wildman–Crippen MR) is 130 cm³/mol. The van der Waals surface area contributed by atoms with E-state index in [0.29, 0.717) is 37.4 Å². The number of aryl methyl sites for hydroxylation is 1. The van der Waals surface area contributed by atoms with E-state index in [1.807, 2.05) is 19.9 Å². The Labute approximate surface area is 206 Å². The van der Waals surface area contributed by atoms with Gasteiger partial charge < -0.3 is 18.6 Å². The van der Waals surface area contributed by atoms with Crippen molar-refractivity contribution in [3.05, 3.63) is 64.8 Å². The van der Waals surface area contributed by atoms with Gasteiger partial charge in [-0.25, -0.2) is 14.2 Å². The minimum atomic E-state index is -0.291. The Morgan fingerprint density at radius 1 is 1.20 bits per heavy atom. The molecule has 0 spiro atoms. The lowest BCUT2D eigenvalue weighted by atomic mass is 9.87. The van der Waals surface area contributed by atoms with Crippen LogP contribution < -0.4 is 0 Å². The highest BCUT2D eigenvalue weighted by atomic mass is 19.1. The van der Waals surface area contributed by atoms with Crippen molar-refractivity contribution in [3.8, 4) is 11.5 Å². The molecule has 1 heterocycles. The standard InChI is InChI=1S/C28H34FNO5/c1-18-6-4-8-22(26(18)28(31)32-3)16-34-24-9-5-7-20(14-24)15-33-17-25-19(2)35-27(30-25)21-10-12-23(29)13-11-21/h4,8,10-13,18,20,24H,5-7,9,14-17H2,1-3H3/t18?,20?,24-/m1/s1. The summed E-state index contributed by atoms with van der Waals surface area (Å²) in [6.07, 6.45) is 9.22. The van der Waals surface area contributed by atoms with Crippen LogP contribution in [0.2, 0.25) is 0 Å². The van der Waals surface area contributed by atoms with Crippen molar-refractivity contribution in [2.75, 3.05) is 20.3 Å². The van der Waals surface area contributed by atoms with Gasteiger partial charge >= 0.3 is 5.97 Å². The monoisotopic (exact) mass is 483 g/mol. The van der Waals surface area contributed by atoms with Gasteiger partial charge in [-0.05, 0) is 74.3 Å². The molecule has 1 aromatic heterocycles. The van der Waals surface area contributed by atoms with Crippen molar-refractivity contribution < 1.29 is 27.8 Å². The fourth-order valence-corrected chi connectivity index (χ4v) is 4.86. The molecule has 0 saturated heterocycles. The Morgan fingerprint density at radius 3 is 2.77 bits per heavy atom. The zero-order chi connectivity index (χ0) is 24.8. The average molecular weight is 484 g/mol. The minimum Gasteiger partial charge on any atom is -0.466 e. The number of carbonyl (C=O) groups excluding carboxylic acids is 1. The molecule has 2 aliphatic carbocycles. The number of nitrogens with zero attached hydrogens (tertiary/aromatic N) is 1. The summed E-state index contributed by atoms with van der Waals surface area (Å²) in [5, 5.41) is 0. The lowest BCUT2D eigenvalue weighted by Crippen LogP contribution is -2.27. The number of carbonyl (C=O) groups is 1. The van der Waals surface area contributed by atoms with Crippen molar-refractivity contribution in [1.29, 1.82) is 0 Å². The van der Waals surface area contributed by atoms with Crippen molar-refractivity contribution in [2.24, 2.45) is 11.8 Å². The first kappa shape index (κ1) is 25.3. The van der Waals surface area contributed by atoms with Gasteiger partial charge in [0.2, 0.25) is 5.89 Å². The number of aromatic nitrogens is 1. The molecule has 0 N–H and O–H groups in total. The zero-order valence-electron chi connectivity index (χ0n) is 20.7. The van der Waals surface area contributed by atoms with E-state index in [2.05, 4.69) is 11.1 Å². The molecule has 7 heteroatoms. The number of oxazole rings is 1. The molecule has 6 nitrogen and oxygen atoms in total. The van der Waals surface area contributed by atoms with Gasteiger partial charge in [0.15, 0.2) is 0 Å². The predicted octanol–water partition coefficient (Wildman–Crippen LogP) is 5.95. The number of ether oxygens (including phenoxy) is 3. The molecule has 1 fully saturated rings. The van der Waals surface area contributed by atoms with Crippen LogP contribution in [0.15, 0.2) is 52.0 Å². The van der Waals surface area contributed by atoms with Gasteiger partial charge in [-0.2, -0.15) is 0 Å². The Morgan fingerprint density at radius 2 is 2.00 bits per heavy atom. The maximum Gasteiger partial charge on any atom is 0.334 e. The average Bonchev–Trinajstić information content (AvgIpc) is 3.23. The lowest BCUT2D eigenvalue weighted by Gasteiger charge is -2.30. The molecule has 35 heavy (non-hydrogen) atoms. The largest absolute Gasteiger partial charge is 0.466 e. The minimum absolute atomic E-state index is 0.141. The van der Waals surface area contributed by atoms with Crippen LogP contribution in [-0.2, 0) is 25.6 Å². The Hall–Kier alpha value is -2.77. The van der Waals surface area contributed by atoms with Gasteiger partial charge in [0.1, 0.15) is 17.3 Å². The van der Waals surface area contributed by atoms with E-state index < -0.39 is 0 Å². The molecular weight excluding hydrogens is 449 g/mol. The molecule has 0 bridgehead atoms. The van der Waals surface area contributed by atoms with Crippen LogP contribution in [0.25, 0.3) is 11.5 Å². The van der Waals surface area contributed by atoms with Gasteiger partial charge in [0, 0.05) is 11.1 Å². The van der Waals surface area contributed by atoms with Crippen LogP contribution in [-0.4, -0.2) is 37.4 Å². The second-order valence-corrected chi connectivity index (χ2v) is 9.48. The summed E-state index contributed by atoms with van der Waals surface area (Å²) in [4.78, 5) is 16.8. The van der Waals surface area contributed by atoms with E-state index in [4.69, 9.17) is 18.6 Å². The Balaban J connectivity index is 1.27. The third kappa shape index (κ3) is 6.47. The number of rotatable bonds is 9. The normalized spacial score (nSPS) is 22.5. The molecule has 2 aromatic rings. The van der Waals surface area contributed by atoms with Gasteiger partial charge in [0.25, 0.3) is 0 Å². The number of hydrogen-bond donors (Lipinski definition) is 0. The highest BCUT2D eigenvalue weighted by Crippen LogP contribution is 2.30. The van der Waals surface area contributed by atoms with Crippen LogP contribution in [0.4, 0.5) is 4.39 Å². The molecule has 4 rings (SSSR count). The topological polar surface area (TPSA) is 70.8 Å². The molecule has 3 atom stereocenters. The van der Waals surface area contributed by atoms with Crippen molar-refractivity contribution in [2.45, 2.75) is 58.7 Å². The second kappa shape index (κ2) is 11.8. The van der Waals surface area contributed by atoms with Crippen LogP contribution in [0, 0.1) is 24.6 Å². The number of allylic oxidation sites excluding steroid dienone is 1. The summed E-state index contributed by atoms with van der Waals surface area (Å²) in [5.74, 6) is 1.17. The molecule has 188 valence electrons. The SMILES string of the molecule is COC(=O)C1=C(CO[C@@H]2CCCC(COCc3nc(-c4ccc(F)cc4)oc3C)C2)C=CCC1C. The fraction of sp³-hybridized carbons (Fsp3) is 0.500. The van der Waals surface area contributed by atoms with Crippen molar-refractivity contribution >= 4 is 5.97 Å². The van der Waals surface area contributed by atoms with Crippen molar-refractivity contribution in [3.63, 3.8) is 0 Å². The summed E-state index contributed by atoms with van der Waals surface area (Å²) in [7, 11) is 1.43. The first-order valence-corrected chi connectivity index (χ1v) is 12.3. The second-order valence-electron chi connectivity index (χ2n) is 9.48. The number of halogens is 1. The Kier molecular flexibility index (Phi) is 8.52. The number of esters is 1. The first-order valence-electron chi connectivity index (χ1n) is 12.3. The highest BCUT2D eigenvalue weighted by molar-refractivity contribution is 5.90. The Bertz CT molecular complexity index is 1070. The van der Waals surface area contributed by atoms with E-state index in [-0.39, 0.29) is 23.8 Å². The van der Waals surface area contributed by atoms with E-state index in [9.17, 15) is 9.18 Å². The molecule has 1 aromatic carbocycles. The number of benzene rings is 1. The fourth-order valence-electron chi connectivity index (χ4n) is 4.86. The maximum atomic E-state index is 13.2. The third-order valence-electron chi connectivity index (χ3n) is 6.84. The summed E-state index contributed by atoms with van der Waals surface area (Å²) in [6, 6.07) is 6.10. The molecular formula is C28H34FNO5. The molecule has 0 radical (unpaired) electrons. The molecule has 0 amide bonds. The van der Waals surface area contributed by atoms with E-state index in [0.717, 1.165) is 54.5 Å². The van der Waals surface area contributed by atoms with Gasteiger partial charge in [-0.3, -0.25) is 0 Å². The van der Waals surface area contributed by atoms with Crippen LogP contribution in [0.5, 0.6) is 0 Å². The van der Waals surface area contributed by atoms with Gasteiger partial charge in [-0.15, -0.1) is 0 Å². The zero-order valence-corrected chi connectivity index (χ0v) is 20.7. The maximum absolute atomic E-state index is 13.2. The quantitative estimate of drug-likeness (QED) is 0.411. The summed E-state index contributed by atoms with van der Waals surface area (Å²) in [5.41, 5.74) is 3.15. The van der Waals surface area contributed by atoms with Crippen LogP contribution in [0.3, 0.4) is 0 Å². The summed E-state index contributed by atoms with van der Waals surface area (Å²) < 4.78 is 36.2. The van der Waals surface area contributed by atoms with Crippen LogP contribution in [0.1, 0.15) is 50.5 Å². The molecule has 0 aliphatic heterocycles. The van der Waals surface area contributed by atoms with Crippen LogP contribution >= 0.6 is 0 Å². The van der Waals surface area contributed by atoms with Gasteiger partial charge in [-0.1, -0.05) is 25.5 Å². The number of hydrogen-bond acceptors (Lipinski definition) is 6. The van der Waals surface area contributed by atoms with Crippen molar-refractivity contribution in [1.82, 2.24) is 4.98 Å². The number of methoxy groups -OCH3 is 1. The van der Waals surface area contributed by atoms with Gasteiger partial charge in [0.05, 0.1) is 33.0 Å². The lowest BCUT2D eigenvalue weighted by molar-refractivity contribution is -0.136. The highest BCUT2D eigenvalue weighted by Gasteiger charge is 2.26. The molecule has 2 aliphatic rings. The van der Waals surface area contributed by atoms with E-state index >= 15 is 0 Å². The molecule has 1 saturated carbocycles. The van der Waals surface area contributed by atoms with E-state index in [1.54, 1.807) is 12.1 Å². The first-order chi connectivity index (χ1) is 16.9. The van der Waals surface area contributed by atoms with E-state index in [1.165, 1.54) is 19.2 Å². The summed E-state index contributed by atoms with van der Waals surface area (Å²) >= 11 is 0.